The van der Waals surface area contributed by atoms with E-state index in [2.05, 4.69) is 42.9 Å². The molecule has 1 saturated carbocycles. The van der Waals surface area contributed by atoms with Gasteiger partial charge in [-0.3, -0.25) is 4.90 Å². The molecule has 1 atom stereocenters. The molecule has 2 heterocycles. The summed E-state index contributed by atoms with van der Waals surface area (Å²) in [6.45, 7) is 9.20. The van der Waals surface area contributed by atoms with Gasteiger partial charge in [-0.05, 0) is 73.2 Å². The van der Waals surface area contributed by atoms with Crippen molar-refractivity contribution >= 4 is 20.9 Å². The molecule has 2 aromatic carbocycles. The van der Waals surface area contributed by atoms with Crippen LogP contribution in [0.15, 0.2) is 42.6 Å². The molecule has 2 fully saturated rings. The topological polar surface area (TPSA) is 58.4 Å². The highest BCUT2D eigenvalue weighted by Gasteiger charge is 2.43. The summed E-state index contributed by atoms with van der Waals surface area (Å²) in [6.07, 6.45) is 3.40. The van der Waals surface area contributed by atoms with Crippen molar-refractivity contribution in [3.63, 3.8) is 0 Å². The molecule has 0 radical (unpaired) electrons. The number of sulfonamides is 1. The smallest absolute Gasteiger partial charge is 0.217 e. The fourth-order valence-electron chi connectivity index (χ4n) is 4.93. The Balaban J connectivity index is 1.52. The van der Waals surface area contributed by atoms with Gasteiger partial charge in [-0.15, -0.1) is 0 Å². The molecule has 1 aliphatic heterocycles. The van der Waals surface area contributed by atoms with Crippen LogP contribution in [0.1, 0.15) is 43.9 Å². The standard InChI is InChI=1S/C25H31FN4O2S/c1-17(2)15-28-10-11-29(33(31,32)22-8-9-22)16-25(28)23-13-19-14-27-30(24(19)12-18(23)3)21-6-4-20(26)5-7-21/h4-7,12-14,17,22,25H,8-11,15-16H2,1-3H3. The summed E-state index contributed by atoms with van der Waals surface area (Å²) in [4.78, 5) is 2.43. The lowest BCUT2D eigenvalue weighted by molar-refractivity contribution is 0.105. The van der Waals surface area contributed by atoms with Gasteiger partial charge in [-0.25, -0.2) is 17.5 Å². The van der Waals surface area contributed by atoms with E-state index < -0.39 is 10.0 Å². The number of aryl methyl sites for hydroxylation is 1. The number of halogens is 1. The molecular formula is C25H31FN4O2S. The molecule has 2 aliphatic rings. The van der Waals surface area contributed by atoms with Gasteiger partial charge < -0.3 is 0 Å². The molecular weight excluding hydrogens is 439 g/mol. The van der Waals surface area contributed by atoms with Crippen LogP contribution < -0.4 is 0 Å². The number of rotatable bonds is 6. The molecule has 3 aromatic rings. The van der Waals surface area contributed by atoms with Crippen molar-refractivity contribution in [1.29, 1.82) is 0 Å². The largest absolute Gasteiger partial charge is 0.293 e. The maximum atomic E-state index is 13.4. The van der Waals surface area contributed by atoms with Crippen LogP contribution in [0.2, 0.25) is 0 Å². The van der Waals surface area contributed by atoms with Gasteiger partial charge in [0, 0.05) is 37.6 Å². The number of benzene rings is 2. The van der Waals surface area contributed by atoms with Crippen molar-refractivity contribution in [1.82, 2.24) is 19.0 Å². The molecule has 0 amide bonds. The quantitative estimate of drug-likeness (QED) is 0.540. The maximum absolute atomic E-state index is 13.4. The number of hydrogen-bond acceptors (Lipinski definition) is 4. The molecule has 0 N–H and O–H groups in total. The SMILES string of the molecule is Cc1cc2c(cnn2-c2ccc(F)cc2)cc1C1CN(S(=O)(=O)C2CC2)CCN1CC(C)C. The predicted octanol–water partition coefficient (Wildman–Crippen LogP) is 4.28. The van der Waals surface area contributed by atoms with Crippen molar-refractivity contribution in [3.05, 3.63) is 59.5 Å². The second kappa shape index (κ2) is 8.49. The molecule has 0 bridgehead atoms. The van der Waals surface area contributed by atoms with Gasteiger partial charge in [0.1, 0.15) is 5.82 Å². The van der Waals surface area contributed by atoms with Crippen LogP contribution in [0.4, 0.5) is 4.39 Å². The number of piperazine rings is 1. The minimum Gasteiger partial charge on any atom is -0.293 e. The second-order valence-electron chi connectivity index (χ2n) is 9.81. The van der Waals surface area contributed by atoms with Gasteiger partial charge in [0.05, 0.1) is 22.7 Å². The third-order valence-corrected chi connectivity index (χ3v) is 9.11. The van der Waals surface area contributed by atoms with Gasteiger partial charge >= 0.3 is 0 Å². The Morgan fingerprint density at radius 1 is 1.12 bits per heavy atom. The summed E-state index contributed by atoms with van der Waals surface area (Å²) in [5.41, 5.74) is 4.02. The first-order valence-corrected chi connectivity index (χ1v) is 13.2. The van der Waals surface area contributed by atoms with Crippen molar-refractivity contribution in [2.75, 3.05) is 26.2 Å². The molecule has 1 saturated heterocycles. The van der Waals surface area contributed by atoms with E-state index in [9.17, 15) is 12.8 Å². The van der Waals surface area contributed by atoms with E-state index in [1.54, 1.807) is 16.4 Å². The van der Waals surface area contributed by atoms with Crippen LogP contribution in [-0.2, 0) is 10.0 Å². The number of aromatic nitrogens is 2. The van der Waals surface area contributed by atoms with Gasteiger partial charge in [0.25, 0.3) is 0 Å². The summed E-state index contributed by atoms with van der Waals surface area (Å²) in [5, 5.41) is 5.35. The van der Waals surface area contributed by atoms with Crippen molar-refractivity contribution in [2.24, 2.45) is 5.92 Å². The van der Waals surface area contributed by atoms with E-state index in [1.807, 2.05) is 10.9 Å². The number of hydrogen-bond donors (Lipinski definition) is 0. The normalized spacial score (nSPS) is 20.7. The van der Waals surface area contributed by atoms with E-state index in [0.29, 0.717) is 19.0 Å². The summed E-state index contributed by atoms with van der Waals surface area (Å²) < 4.78 is 42.9. The molecule has 1 unspecified atom stereocenters. The van der Waals surface area contributed by atoms with Crippen LogP contribution in [0.3, 0.4) is 0 Å². The van der Waals surface area contributed by atoms with Crippen LogP contribution in [0, 0.1) is 18.7 Å². The Morgan fingerprint density at radius 2 is 1.85 bits per heavy atom. The Kier molecular flexibility index (Phi) is 5.79. The van der Waals surface area contributed by atoms with Crippen LogP contribution in [-0.4, -0.2) is 58.8 Å². The number of fused-ring (bicyclic) bond motifs is 1. The Morgan fingerprint density at radius 3 is 2.52 bits per heavy atom. The average Bonchev–Trinajstić information content (AvgIpc) is 3.56. The van der Waals surface area contributed by atoms with Gasteiger partial charge in [0.2, 0.25) is 10.0 Å². The van der Waals surface area contributed by atoms with E-state index in [0.717, 1.165) is 53.6 Å². The predicted molar refractivity (Wildman–Crippen MR) is 128 cm³/mol. The van der Waals surface area contributed by atoms with Crippen LogP contribution >= 0.6 is 0 Å². The maximum Gasteiger partial charge on any atom is 0.217 e. The minimum atomic E-state index is -3.21. The molecule has 176 valence electrons. The first-order chi connectivity index (χ1) is 15.7. The third-order valence-electron chi connectivity index (χ3n) is 6.75. The first-order valence-electron chi connectivity index (χ1n) is 11.7. The molecule has 1 aromatic heterocycles. The highest BCUT2D eigenvalue weighted by atomic mass is 32.2. The van der Waals surface area contributed by atoms with Gasteiger partial charge in [0.15, 0.2) is 0 Å². The molecule has 5 rings (SSSR count). The molecule has 33 heavy (non-hydrogen) atoms. The average molecular weight is 471 g/mol. The Hall–Kier alpha value is -2.29. The van der Waals surface area contributed by atoms with Crippen molar-refractivity contribution in [3.8, 4) is 5.69 Å². The monoisotopic (exact) mass is 470 g/mol. The summed E-state index contributed by atoms with van der Waals surface area (Å²) in [5.74, 6) is 0.214. The zero-order chi connectivity index (χ0) is 23.3. The number of nitrogens with zero attached hydrogens (tertiary/aromatic N) is 4. The molecule has 0 spiro atoms. The second-order valence-corrected chi connectivity index (χ2v) is 12.0. The highest BCUT2D eigenvalue weighted by Crippen LogP contribution is 2.37. The van der Waals surface area contributed by atoms with Gasteiger partial charge in [-0.2, -0.15) is 9.40 Å². The lowest BCUT2D eigenvalue weighted by Crippen LogP contribution is -2.52. The van der Waals surface area contributed by atoms with Crippen LogP contribution in [0.25, 0.3) is 16.6 Å². The minimum absolute atomic E-state index is 0.00764. The van der Waals surface area contributed by atoms with Crippen molar-refractivity contribution < 1.29 is 12.8 Å². The summed E-state index contributed by atoms with van der Waals surface area (Å²) >= 11 is 0. The van der Waals surface area contributed by atoms with E-state index in [-0.39, 0.29) is 17.1 Å². The first kappa shape index (κ1) is 22.5. The molecule has 1 aliphatic carbocycles. The third kappa shape index (κ3) is 4.32. The van der Waals surface area contributed by atoms with Gasteiger partial charge in [-0.1, -0.05) is 13.8 Å². The van der Waals surface area contributed by atoms with E-state index in [1.165, 1.54) is 12.1 Å². The Labute approximate surface area is 195 Å². The fourth-order valence-corrected chi connectivity index (χ4v) is 6.77. The molecule has 6 nitrogen and oxygen atoms in total. The van der Waals surface area contributed by atoms with E-state index in [4.69, 9.17) is 0 Å². The zero-order valence-electron chi connectivity index (χ0n) is 19.4. The summed E-state index contributed by atoms with van der Waals surface area (Å²) in [6, 6.07) is 10.6. The van der Waals surface area contributed by atoms with Crippen molar-refractivity contribution in [2.45, 2.75) is 44.9 Å². The van der Waals surface area contributed by atoms with Crippen LogP contribution in [0.5, 0.6) is 0 Å². The highest BCUT2D eigenvalue weighted by molar-refractivity contribution is 7.90. The van der Waals surface area contributed by atoms with E-state index >= 15 is 0 Å². The lowest BCUT2D eigenvalue weighted by atomic mass is 9.96. The Bertz CT molecular complexity index is 1270. The fraction of sp³-hybridized carbons (Fsp3) is 0.480. The summed E-state index contributed by atoms with van der Waals surface area (Å²) in [7, 11) is -3.21. The lowest BCUT2D eigenvalue weighted by Gasteiger charge is -2.42. The zero-order valence-corrected chi connectivity index (χ0v) is 20.2. The molecule has 8 heteroatoms.